The van der Waals surface area contributed by atoms with Gasteiger partial charge in [0.15, 0.2) is 11.5 Å². The average molecular weight is 453 g/mol. The van der Waals surface area contributed by atoms with E-state index in [1.54, 1.807) is 76.3 Å². The Bertz CT molecular complexity index is 1140. The Balaban J connectivity index is 1.73. The molecular formula is C24H27N3O6. The maximum Gasteiger partial charge on any atom is 0.341 e. The molecule has 9 heteroatoms. The van der Waals surface area contributed by atoms with Crippen LogP contribution < -0.4 is 19.5 Å². The van der Waals surface area contributed by atoms with Crippen LogP contribution in [0.15, 0.2) is 42.6 Å². The van der Waals surface area contributed by atoms with Crippen molar-refractivity contribution in [3.8, 4) is 22.9 Å². The van der Waals surface area contributed by atoms with Gasteiger partial charge in [-0.2, -0.15) is 5.10 Å². The van der Waals surface area contributed by atoms with E-state index in [0.717, 1.165) is 11.3 Å². The van der Waals surface area contributed by atoms with Crippen LogP contribution in [-0.2, 0) is 11.3 Å². The highest BCUT2D eigenvalue weighted by atomic mass is 16.5. The first-order valence-corrected chi connectivity index (χ1v) is 10.3. The summed E-state index contributed by atoms with van der Waals surface area (Å²) in [6.45, 7) is 4.08. The lowest BCUT2D eigenvalue weighted by atomic mass is 10.1. The number of rotatable bonds is 9. The molecule has 9 nitrogen and oxygen atoms in total. The number of ether oxygens (including phenoxy) is 4. The number of nitrogens with zero attached hydrogens (tertiary/aromatic N) is 2. The monoisotopic (exact) mass is 453 g/mol. The van der Waals surface area contributed by atoms with Gasteiger partial charge in [0.05, 0.1) is 45.5 Å². The number of hydrogen-bond donors (Lipinski definition) is 1. The summed E-state index contributed by atoms with van der Waals surface area (Å²) in [7, 11) is 4.64. The molecule has 3 aromatic rings. The van der Waals surface area contributed by atoms with Crippen LogP contribution >= 0.6 is 0 Å². The first-order chi connectivity index (χ1) is 15.9. The van der Waals surface area contributed by atoms with Gasteiger partial charge >= 0.3 is 5.97 Å². The summed E-state index contributed by atoms with van der Waals surface area (Å²) in [6, 6.07) is 10.4. The zero-order valence-electron chi connectivity index (χ0n) is 19.3. The van der Waals surface area contributed by atoms with Crippen LogP contribution in [0.2, 0.25) is 0 Å². The van der Waals surface area contributed by atoms with Crippen molar-refractivity contribution >= 4 is 11.9 Å². The zero-order valence-corrected chi connectivity index (χ0v) is 19.3. The van der Waals surface area contributed by atoms with Gasteiger partial charge in [0.25, 0.3) is 5.91 Å². The van der Waals surface area contributed by atoms with Gasteiger partial charge in [-0.05, 0) is 44.2 Å². The van der Waals surface area contributed by atoms with E-state index in [2.05, 4.69) is 10.4 Å². The van der Waals surface area contributed by atoms with Crippen LogP contribution in [0.1, 0.15) is 38.9 Å². The van der Waals surface area contributed by atoms with E-state index in [1.807, 2.05) is 0 Å². The molecule has 0 saturated carbocycles. The summed E-state index contributed by atoms with van der Waals surface area (Å²) in [6.07, 6.45) is 1.48. The fraction of sp³-hybridized carbons (Fsp3) is 0.292. The van der Waals surface area contributed by atoms with Crippen molar-refractivity contribution in [2.24, 2.45) is 0 Å². The predicted molar refractivity (Wildman–Crippen MR) is 122 cm³/mol. The lowest BCUT2D eigenvalue weighted by Gasteiger charge is -2.14. The van der Waals surface area contributed by atoms with Crippen molar-refractivity contribution in [3.05, 3.63) is 65.0 Å². The molecule has 1 aromatic heterocycles. The zero-order chi connectivity index (χ0) is 24.0. The van der Waals surface area contributed by atoms with Gasteiger partial charge in [-0.25, -0.2) is 9.48 Å². The Labute approximate surface area is 192 Å². The van der Waals surface area contributed by atoms with E-state index in [-0.39, 0.29) is 12.5 Å². The molecule has 174 valence electrons. The maximum absolute atomic E-state index is 12.7. The Morgan fingerprint density at radius 2 is 1.61 bits per heavy atom. The topological polar surface area (TPSA) is 101 Å². The third-order valence-corrected chi connectivity index (χ3v) is 5.11. The molecule has 0 atom stereocenters. The number of carbonyl (C=O) groups is 2. The standard InChI is InChI=1S/C24H27N3O6/c1-6-33-24(29)19-14-26-27(15(19)2)18-9-7-16(8-10-18)23(28)25-13-17-11-21(31-4)22(32-5)12-20(17)30-3/h7-12,14H,6,13H2,1-5H3,(H,25,28). The van der Waals surface area contributed by atoms with E-state index >= 15 is 0 Å². The number of carbonyl (C=O) groups excluding carboxylic acids is 2. The SMILES string of the molecule is CCOC(=O)c1cnn(-c2ccc(C(=O)NCc3cc(OC)c(OC)cc3OC)cc2)c1C. The molecule has 0 aliphatic rings. The molecule has 1 heterocycles. The Hall–Kier alpha value is -4.01. The molecular weight excluding hydrogens is 426 g/mol. The van der Waals surface area contributed by atoms with Crippen LogP contribution in [0, 0.1) is 6.92 Å². The number of amides is 1. The molecule has 0 saturated heterocycles. The largest absolute Gasteiger partial charge is 0.496 e. The van der Waals surface area contributed by atoms with Gasteiger partial charge < -0.3 is 24.3 Å². The molecule has 1 amide bonds. The number of benzene rings is 2. The smallest absolute Gasteiger partial charge is 0.341 e. The van der Waals surface area contributed by atoms with Crippen molar-refractivity contribution in [2.75, 3.05) is 27.9 Å². The van der Waals surface area contributed by atoms with Crippen LogP contribution in [0.25, 0.3) is 5.69 Å². The van der Waals surface area contributed by atoms with Gasteiger partial charge in [0.1, 0.15) is 11.3 Å². The average Bonchev–Trinajstić information content (AvgIpc) is 3.23. The number of methoxy groups -OCH3 is 3. The summed E-state index contributed by atoms with van der Waals surface area (Å²) >= 11 is 0. The summed E-state index contributed by atoms with van der Waals surface area (Å²) in [5.74, 6) is 1.00. The van der Waals surface area contributed by atoms with Gasteiger partial charge in [0.2, 0.25) is 0 Å². The van der Waals surface area contributed by atoms with Crippen molar-refractivity contribution < 1.29 is 28.5 Å². The summed E-state index contributed by atoms with van der Waals surface area (Å²) < 4.78 is 22.7. The third-order valence-electron chi connectivity index (χ3n) is 5.11. The van der Waals surface area contributed by atoms with Gasteiger partial charge in [-0.3, -0.25) is 4.79 Å². The fourth-order valence-corrected chi connectivity index (χ4v) is 3.34. The van der Waals surface area contributed by atoms with Gasteiger partial charge in [-0.15, -0.1) is 0 Å². The first kappa shape index (κ1) is 23.6. The molecule has 0 bridgehead atoms. The number of esters is 1. The molecule has 1 N–H and O–H groups in total. The summed E-state index contributed by atoms with van der Waals surface area (Å²) in [5, 5.41) is 7.15. The molecule has 0 aliphatic carbocycles. The lowest BCUT2D eigenvalue weighted by Crippen LogP contribution is -2.23. The highest BCUT2D eigenvalue weighted by Crippen LogP contribution is 2.34. The van der Waals surface area contributed by atoms with Crippen molar-refractivity contribution in [2.45, 2.75) is 20.4 Å². The molecule has 0 spiro atoms. The molecule has 33 heavy (non-hydrogen) atoms. The molecule has 3 rings (SSSR count). The molecule has 0 fully saturated rings. The van der Waals surface area contributed by atoms with E-state index in [1.165, 1.54) is 6.20 Å². The van der Waals surface area contributed by atoms with E-state index < -0.39 is 5.97 Å². The fourth-order valence-electron chi connectivity index (χ4n) is 3.34. The van der Waals surface area contributed by atoms with Crippen molar-refractivity contribution in [3.63, 3.8) is 0 Å². The minimum atomic E-state index is -0.414. The van der Waals surface area contributed by atoms with Crippen molar-refractivity contribution in [1.82, 2.24) is 15.1 Å². The summed E-state index contributed by atoms with van der Waals surface area (Å²) in [5.41, 5.74) is 3.02. The van der Waals surface area contributed by atoms with E-state index in [4.69, 9.17) is 18.9 Å². The highest BCUT2D eigenvalue weighted by Gasteiger charge is 2.17. The lowest BCUT2D eigenvalue weighted by molar-refractivity contribution is 0.0525. The third kappa shape index (κ3) is 5.08. The van der Waals surface area contributed by atoms with Crippen LogP contribution in [-0.4, -0.2) is 49.6 Å². The summed E-state index contributed by atoms with van der Waals surface area (Å²) in [4.78, 5) is 24.7. The predicted octanol–water partition coefficient (Wildman–Crippen LogP) is 3.31. The molecule has 0 unspecified atom stereocenters. The molecule has 2 aromatic carbocycles. The number of hydrogen-bond acceptors (Lipinski definition) is 7. The Morgan fingerprint density at radius 3 is 2.21 bits per heavy atom. The van der Waals surface area contributed by atoms with Crippen LogP contribution in [0.5, 0.6) is 17.2 Å². The molecule has 0 aliphatic heterocycles. The maximum atomic E-state index is 12.7. The van der Waals surface area contributed by atoms with Gasteiger partial charge in [0, 0.05) is 23.7 Å². The van der Waals surface area contributed by atoms with Gasteiger partial charge in [-0.1, -0.05) is 0 Å². The minimum absolute atomic E-state index is 0.241. The minimum Gasteiger partial charge on any atom is -0.496 e. The second-order valence-corrected chi connectivity index (χ2v) is 7.02. The Kier molecular flexibility index (Phi) is 7.55. The second kappa shape index (κ2) is 10.5. The van der Waals surface area contributed by atoms with E-state index in [0.29, 0.717) is 40.7 Å². The van der Waals surface area contributed by atoms with Crippen LogP contribution in [0.4, 0.5) is 0 Å². The second-order valence-electron chi connectivity index (χ2n) is 7.02. The first-order valence-electron chi connectivity index (χ1n) is 10.3. The Morgan fingerprint density at radius 1 is 0.970 bits per heavy atom. The van der Waals surface area contributed by atoms with Crippen molar-refractivity contribution in [1.29, 1.82) is 0 Å². The van der Waals surface area contributed by atoms with E-state index in [9.17, 15) is 9.59 Å². The number of aromatic nitrogens is 2. The highest BCUT2D eigenvalue weighted by molar-refractivity contribution is 5.94. The number of nitrogens with one attached hydrogen (secondary N) is 1. The normalized spacial score (nSPS) is 10.5. The van der Waals surface area contributed by atoms with Crippen LogP contribution in [0.3, 0.4) is 0 Å². The quantitative estimate of drug-likeness (QED) is 0.496. The molecule has 0 radical (unpaired) electrons.